The van der Waals surface area contributed by atoms with Crippen molar-refractivity contribution in [3.8, 4) is 5.75 Å². The molecule has 0 heterocycles. The number of thioether (sulfide) groups is 1. The maximum Gasteiger partial charge on any atom is 0.283 e. The Labute approximate surface area is 150 Å². The average Bonchev–Trinajstić information content (AvgIpc) is 2.59. The number of nitrogens with zero attached hydrogens (tertiary/aromatic N) is 1. The molecular formula is C18H20N2O4S. The van der Waals surface area contributed by atoms with Gasteiger partial charge in [0.05, 0.1) is 16.4 Å². The van der Waals surface area contributed by atoms with E-state index in [1.807, 2.05) is 32.0 Å². The Morgan fingerprint density at radius 1 is 1.24 bits per heavy atom. The molecule has 0 aromatic heterocycles. The Hall–Kier alpha value is -2.54. The van der Waals surface area contributed by atoms with Crippen molar-refractivity contribution >= 4 is 23.4 Å². The number of carbonyl (C=O) groups is 1. The first-order chi connectivity index (χ1) is 11.9. The highest BCUT2D eigenvalue weighted by atomic mass is 32.2. The van der Waals surface area contributed by atoms with E-state index < -0.39 is 4.92 Å². The minimum absolute atomic E-state index is 0.0630. The zero-order valence-electron chi connectivity index (χ0n) is 14.4. The van der Waals surface area contributed by atoms with Crippen LogP contribution in [0.5, 0.6) is 5.75 Å². The number of benzene rings is 2. The fraction of sp³-hybridized carbons (Fsp3) is 0.278. The lowest BCUT2D eigenvalue weighted by Gasteiger charge is -2.12. The third kappa shape index (κ3) is 4.73. The Balaban J connectivity index is 1.94. The number of ether oxygens (including phenoxy) is 1. The molecule has 0 atom stereocenters. The SMILES string of the molecule is CSc1ccc(C(=O)NCCOc2c(C)cccc2C)cc1[N+](=O)[O-]. The fourth-order valence-electron chi connectivity index (χ4n) is 2.42. The van der Waals surface area contributed by atoms with Crippen molar-refractivity contribution in [1.82, 2.24) is 5.32 Å². The summed E-state index contributed by atoms with van der Waals surface area (Å²) >= 11 is 1.27. The van der Waals surface area contributed by atoms with E-state index in [0.717, 1.165) is 16.9 Å². The van der Waals surface area contributed by atoms with Crippen molar-refractivity contribution in [2.45, 2.75) is 18.7 Å². The topological polar surface area (TPSA) is 81.5 Å². The fourth-order valence-corrected chi connectivity index (χ4v) is 2.97. The summed E-state index contributed by atoms with van der Waals surface area (Å²) in [4.78, 5) is 23.3. The van der Waals surface area contributed by atoms with Gasteiger partial charge in [0.25, 0.3) is 11.6 Å². The molecular weight excluding hydrogens is 340 g/mol. The van der Waals surface area contributed by atoms with E-state index in [2.05, 4.69) is 5.32 Å². The van der Waals surface area contributed by atoms with Crippen molar-refractivity contribution in [3.63, 3.8) is 0 Å². The lowest BCUT2D eigenvalue weighted by atomic mass is 10.1. The van der Waals surface area contributed by atoms with Crippen molar-refractivity contribution in [2.24, 2.45) is 0 Å². The summed E-state index contributed by atoms with van der Waals surface area (Å²) < 4.78 is 5.73. The summed E-state index contributed by atoms with van der Waals surface area (Å²) in [7, 11) is 0. The van der Waals surface area contributed by atoms with Gasteiger partial charge in [0.15, 0.2) is 0 Å². The van der Waals surface area contributed by atoms with E-state index in [9.17, 15) is 14.9 Å². The smallest absolute Gasteiger partial charge is 0.283 e. The molecule has 0 aliphatic rings. The van der Waals surface area contributed by atoms with Gasteiger partial charge in [-0.05, 0) is 43.4 Å². The molecule has 0 saturated carbocycles. The van der Waals surface area contributed by atoms with Crippen LogP contribution in [0, 0.1) is 24.0 Å². The molecule has 0 aliphatic heterocycles. The van der Waals surface area contributed by atoms with Gasteiger partial charge in [0.2, 0.25) is 0 Å². The van der Waals surface area contributed by atoms with E-state index in [4.69, 9.17) is 4.74 Å². The quantitative estimate of drug-likeness (QED) is 0.352. The highest BCUT2D eigenvalue weighted by Crippen LogP contribution is 2.28. The van der Waals surface area contributed by atoms with E-state index in [-0.39, 0.29) is 17.2 Å². The van der Waals surface area contributed by atoms with Gasteiger partial charge in [-0.1, -0.05) is 18.2 Å². The molecule has 0 spiro atoms. The Kier molecular flexibility index (Phi) is 6.41. The van der Waals surface area contributed by atoms with Gasteiger partial charge in [0.1, 0.15) is 12.4 Å². The van der Waals surface area contributed by atoms with Crippen LogP contribution < -0.4 is 10.1 Å². The summed E-state index contributed by atoms with van der Waals surface area (Å²) in [5.41, 5.74) is 2.27. The van der Waals surface area contributed by atoms with E-state index >= 15 is 0 Å². The molecule has 25 heavy (non-hydrogen) atoms. The van der Waals surface area contributed by atoms with Gasteiger partial charge in [-0.3, -0.25) is 14.9 Å². The normalized spacial score (nSPS) is 10.4. The van der Waals surface area contributed by atoms with Gasteiger partial charge in [-0.2, -0.15) is 0 Å². The highest BCUT2D eigenvalue weighted by Gasteiger charge is 2.16. The molecule has 0 saturated heterocycles. The first kappa shape index (κ1) is 18.8. The molecule has 6 nitrogen and oxygen atoms in total. The Morgan fingerprint density at radius 3 is 2.52 bits per heavy atom. The number of amides is 1. The van der Waals surface area contributed by atoms with Crippen LogP contribution in [0.1, 0.15) is 21.5 Å². The standard InChI is InChI=1S/C18H20N2O4S/c1-12-5-4-6-13(2)17(12)24-10-9-19-18(21)14-7-8-16(25-3)15(11-14)20(22)23/h4-8,11H,9-10H2,1-3H3,(H,19,21). The molecule has 2 aromatic rings. The first-order valence-corrected chi connectivity index (χ1v) is 8.96. The zero-order valence-corrected chi connectivity index (χ0v) is 15.2. The average molecular weight is 360 g/mol. The summed E-state index contributed by atoms with van der Waals surface area (Å²) in [6, 6.07) is 10.4. The summed E-state index contributed by atoms with van der Waals surface area (Å²) in [5.74, 6) is 0.456. The van der Waals surface area contributed by atoms with Crippen LogP contribution >= 0.6 is 11.8 Å². The number of nitro groups is 1. The van der Waals surface area contributed by atoms with Crippen LogP contribution in [-0.4, -0.2) is 30.2 Å². The molecule has 0 unspecified atom stereocenters. The summed E-state index contributed by atoms with van der Waals surface area (Å²) in [6.07, 6.45) is 1.76. The van der Waals surface area contributed by atoms with Crippen molar-refractivity contribution < 1.29 is 14.5 Å². The molecule has 0 fully saturated rings. The zero-order chi connectivity index (χ0) is 18.4. The van der Waals surface area contributed by atoms with Crippen molar-refractivity contribution in [1.29, 1.82) is 0 Å². The van der Waals surface area contributed by atoms with Gasteiger partial charge in [0, 0.05) is 11.6 Å². The third-order valence-corrected chi connectivity index (χ3v) is 4.47. The van der Waals surface area contributed by atoms with Crippen LogP contribution in [0.25, 0.3) is 0 Å². The monoisotopic (exact) mass is 360 g/mol. The van der Waals surface area contributed by atoms with Gasteiger partial charge < -0.3 is 10.1 Å². The van der Waals surface area contributed by atoms with Crippen molar-refractivity contribution in [3.05, 3.63) is 63.2 Å². The van der Waals surface area contributed by atoms with Crippen LogP contribution in [0.2, 0.25) is 0 Å². The van der Waals surface area contributed by atoms with Gasteiger partial charge in [-0.25, -0.2) is 0 Å². The lowest BCUT2D eigenvalue weighted by molar-refractivity contribution is -0.387. The number of hydrogen-bond donors (Lipinski definition) is 1. The van der Waals surface area contributed by atoms with E-state index in [0.29, 0.717) is 18.0 Å². The number of rotatable bonds is 7. The Morgan fingerprint density at radius 2 is 1.92 bits per heavy atom. The van der Waals surface area contributed by atoms with E-state index in [1.165, 1.54) is 17.8 Å². The van der Waals surface area contributed by atoms with E-state index in [1.54, 1.807) is 18.4 Å². The number of nitrogens with one attached hydrogen (secondary N) is 1. The molecule has 2 rings (SSSR count). The number of hydrogen-bond acceptors (Lipinski definition) is 5. The summed E-state index contributed by atoms with van der Waals surface area (Å²) in [6.45, 7) is 4.56. The second-order valence-electron chi connectivity index (χ2n) is 5.47. The largest absolute Gasteiger partial charge is 0.491 e. The second-order valence-corrected chi connectivity index (χ2v) is 6.32. The highest BCUT2D eigenvalue weighted by molar-refractivity contribution is 7.98. The molecule has 1 N–H and O–H groups in total. The number of carbonyl (C=O) groups excluding carboxylic acids is 1. The molecule has 2 aromatic carbocycles. The second kappa shape index (κ2) is 8.53. The van der Waals surface area contributed by atoms with Gasteiger partial charge >= 0.3 is 0 Å². The first-order valence-electron chi connectivity index (χ1n) is 7.73. The minimum atomic E-state index is -0.479. The minimum Gasteiger partial charge on any atom is -0.491 e. The maximum atomic E-state index is 12.2. The molecule has 1 amide bonds. The number of para-hydroxylation sites is 1. The van der Waals surface area contributed by atoms with Gasteiger partial charge in [-0.15, -0.1) is 11.8 Å². The lowest BCUT2D eigenvalue weighted by Crippen LogP contribution is -2.28. The predicted octanol–water partition coefficient (Wildman–Crippen LogP) is 3.74. The van der Waals surface area contributed by atoms with Crippen LogP contribution in [-0.2, 0) is 0 Å². The summed E-state index contributed by atoms with van der Waals surface area (Å²) in [5, 5.41) is 13.8. The van der Waals surface area contributed by atoms with Crippen LogP contribution in [0.3, 0.4) is 0 Å². The molecule has 0 radical (unpaired) electrons. The maximum absolute atomic E-state index is 12.2. The third-order valence-electron chi connectivity index (χ3n) is 3.68. The van der Waals surface area contributed by atoms with Crippen molar-refractivity contribution in [2.75, 3.05) is 19.4 Å². The van der Waals surface area contributed by atoms with Crippen LogP contribution in [0.4, 0.5) is 5.69 Å². The molecule has 132 valence electrons. The Bertz CT molecular complexity index is 772. The molecule has 0 bridgehead atoms. The molecule has 7 heteroatoms. The number of aryl methyl sites for hydroxylation is 2. The van der Waals surface area contributed by atoms with Crippen LogP contribution in [0.15, 0.2) is 41.3 Å². The number of nitro benzene ring substituents is 1. The predicted molar refractivity (Wildman–Crippen MR) is 98.6 cm³/mol. The molecule has 0 aliphatic carbocycles.